The molecule has 3 rings (SSSR count). The summed E-state index contributed by atoms with van der Waals surface area (Å²) in [5.41, 5.74) is 1.20. The molecule has 0 bridgehead atoms. The SMILES string of the molecule is O=C(O)CSC1=N/C(=C\c2ccccc2O)C(=O)N1c1ccccc1. The number of hydrogen-bond acceptors (Lipinski definition) is 5. The maximum absolute atomic E-state index is 12.8. The molecule has 1 aliphatic rings. The number of thioether (sulfide) groups is 1. The highest BCUT2D eigenvalue weighted by Gasteiger charge is 2.32. The van der Waals surface area contributed by atoms with Crippen LogP contribution in [0.25, 0.3) is 6.08 Å². The third-order valence-electron chi connectivity index (χ3n) is 3.40. The molecule has 7 heteroatoms. The van der Waals surface area contributed by atoms with Crippen LogP contribution in [0.15, 0.2) is 65.3 Å². The molecule has 0 radical (unpaired) electrons. The van der Waals surface area contributed by atoms with Crippen molar-refractivity contribution in [2.75, 3.05) is 10.7 Å². The van der Waals surface area contributed by atoms with Crippen LogP contribution in [0.4, 0.5) is 5.69 Å². The van der Waals surface area contributed by atoms with E-state index in [9.17, 15) is 14.7 Å². The minimum absolute atomic E-state index is 0.0379. The Hall–Kier alpha value is -3.06. The van der Waals surface area contributed by atoms with E-state index in [2.05, 4.69) is 4.99 Å². The van der Waals surface area contributed by atoms with Gasteiger partial charge in [-0.05, 0) is 24.3 Å². The Kier molecular flexibility index (Phi) is 4.85. The summed E-state index contributed by atoms with van der Waals surface area (Å²) in [6.07, 6.45) is 1.49. The number of phenolic OH excluding ortho intramolecular Hbond substituents is 1. The van der Waals surface area contributed by atoms with Crippen molar-refractivity contribution in [3.8, 4) is 5.75 Å². The van der Waals surface area contributed by atoms with Gasteiger partial charge in [0.05, 0.1) is 11.4 Å². The molecule has 1 amide bonds. The van der Waals surface area contributed by atoms with Crippen molar-refractivity contribution in [3.05, 3.63) is 65.9 Å². The highest BCUT2D eigenvalue weighted by Crippen LogP contribution is 2.30. The molecule has 1 heterocycles. The van der Waals surface area contributed by atoms with Crippen molar-refractivity contribution in [3.63, 3.8) is 0 Å². The smallest absolute Gasteiger partial charge is 0.313 e. The predicted octanol–water partition coefficient (Wildman–Crippen LogP) is 2.95. The number of para-hydroxylation sites is 2. The lowest BCUT2D eigenvalue weighted by molar-refractivity contribution is -0.133. The van der Waals surface area contributed by atoms with Gasteiger partial charge < -0.3 is 10.2 Å². The molecular weight excluding hydrogens is 340 g/mol. The van der Waals surface area contributed by atoms with E-state index in [1.165, 1.54) is 17.0 Å². The van der Waals surface area contributed by atoms with E-state index in [4.69, 9.17) is 5.11 Å². The van der Waals surface area contributed by atoms with Crippen LogP contribution in [0.3, 0.4) is 0 Å². The molecule has 6 nitrogen and oxygen atoms in total. The lowest BCUT2D eigenvalue weighted by Crippen LogP contribution is -2.30. The van der Waals surface area contributed by atoms with Crippen LogP contribution in [0.2, 0.25) is 0 Å². The normalized spacial score (nSPS) is 15.5. The summed E-state index contributed by atoms with van der Waals surface area (Å²) >= 11 is 0.970. The van der Waals surface area contributed by atoms with Gasteiger partial charge in [-0.3, -0.25) is 14.5 Å². The number of phenols is 1. The summed E-state index contributed by atoms with van der Waals surface area (Å²) < 4.78 is 0. The third-order valence-corrected chi connectivity index (χ3v) is 4.32. The Morgan fingerprint density at radius 3 is 2.48 bits per heavy atom. The Balaban J connectivity index is 1.99. The van der Waals surface area contributed by atoms with E-state index in [1.807, 2.05) is 6.07 Å². The number of carbonyl (C=O) groups is 2. The van der Waals surface area contributed by atoms with E-state index < -0.39 is 5.97 Å². The molecule has 2 aromatic rings. The first-order valence-electron chi connectivity index (χ1n) is 7.39. The molecule has 0 aromatic heterocycles. The number of aliphatic carboxylic acids is 1. The zero-order chi connectivity index (χ0) is 17.8. The van der Waals surface area contributed by atoms with Gasteiger partial charge in [0.25, 0.3) is 5.91 Å². The van der Waals surface area contributed by atoms with Crippen molar-refractivity contribution in [2.24, 2.45) is 4.99 Å². The molecule has 0 unspecified atom stereocenters. The van der Waals surface area contributed by atoms with Gasteiger partial charge in [0.2, 0.25) is 0 Å². The molecule has 0 saturated carbocycles. The Morgan fingerprint density at radius 2 is 1.80 bits per heavy atom. The molecule has 2 aromatic carbocycles. The van der Waals surface area contributed by atoms with Crippen LogP contribution in [0.5, 0.6) is 5.75 Å². The average molecular weight is 354 g/mol. The van der Waals surface area contributed by atoms with Crippen molar-refractivity contribution in [2.45, 2.75) is 0 Å². The topological polar surface area (TPSA) is 90.2 Å². The maximum Gasteiger partial charge on any atom is 0.313 e. The molecule has 25 heavy (non-hydrogen) atoms. The second-order valence-corrected chi connectivity index (χ2v) is 6.08. The summed E-state index contributed by atoms with van der Waals surface area (Å²) in [5.74, 6) is -1.54. The van der Waals surface area contributed by atoms with Gasteiger partial charge in [0.1, 0.15) is 11.4 Å². The first kappa shape index (κ1) is 16.8. The van der Waals surface area contributed by atoms with Gasteiger partial charge in [-0.15, -0.1) is 0 Å². The Bertz CT molecular complexity index is 878. The number of anilines is 1. The molecule has 0 fully saturated rings. The minimum Gasteiger partial charge on any atom is -0.507 e. The Morgan fingerprint density at radius 1 is 1.12 bits per heavy atom. The van der Waals surface area contributed by atoms with Crippen LogP contribution in [0, 0.1) is 0 Å². The van der Waals surface area contributed by atoms with Crippen LogP contribution in [-0.4, -0.2) is 33.0 Å². The lowest BCUT2D eigenvalue weighted by Gasteiger charge is -2.17. The molecule has 0 atom stereocenters. The average Bonchev–Trinajstić information content (AvgIpc) is 2.91. The van der Waals surface area contributed by atoms with E-state index in [1.54, 1.807) is 42.5 Å². The van der Waals surface area contributed by atoms with Crippen molar-refractivity contribution in [1.29, 1.82) is 0 Å². The zero-order valence-electron chi connectivity index (χ0n) is 13.0. The van der Waals surface area contributed by atoms with Crippen molar-refractivity contribution in [1.82, 2.24) is 0 Å². The van der Waals surface area contributed by atoms with E-state index in [-0.39, 0.29) is 23.1 Å². The second kappa shape index (κ2) is 7.23. The van der Waals surface area contributed by atoms with Crippen LogP contribution in [-0.2, 0) is 9.59 Å². The first-order valence-corrected chi connectivity index (χ1v) is 8.37. The molecule has 126 valence electrons. The fraction of sp³-hybridized carbons (Fsp3) is 0.0556. The highest BCUT2D eigenvalue weighted by molar-refractivity contribution is 8.14. The Labute approximate surface area is 148 Å². The number of rotatable bonds is 4. The van der Waals surface area contributed by atoms with Gasteiger partial charge in [-0.1, -0.05) is 48.2 Å². The molecular formula is C18H14N2O4S. The number of hydrogen-bond donors (Lipinski definition) is 2. The fourth-order valence-electron chi connectivity index (χ4n) is 2.28. The number of carbonyl (C=O) groups excluding carboxylic acids is 1. The first-order chi connectivity index (χ1) is 12.1. The molecule has 0 saturated heterocycles. The van der Waals surface area contributed by atoms with E-state index in [0.717, 1.165) is 11.8 Å². The largest absolute Gasteiger partial charge is 0.507 e. The number of nitrogens with zero attached hydrogens (tertiary/aromatic N) is 2. The van der Waals surface area contributed by atoms with Crippen LogP contribution >= 0.6 is 11.8 Å². The number of benzene rings is 2. The summed E-state index contributed by atoms with van der Waals surface area (Å²) in [6.45, 7) is 0. The fourth-order valence-corrected chi connectivity index (χ4v) is 3.01. The van der Waals surface area contributed by atoms with Gasteiger partial charge >= 0.3 is 5.97 Å². The van der Waals surface area contributed by atoms with E-state index in [0.29, 0.717) is 16.4 Å². The van der Waals surface area contributed by atoms with E-state index >= 15 is 0 Å². The van der Waals surface area contributed by atoms with Gasteiger partial charge in [-0.25, -0.2) is 4.99 Å². The van der Waals surface area contributed by atoms with Crippen LogP contribution in [0.1, 0.15) is 5.56 Å². The number of amides is 1. The minimum atomic E-state index is -0.994. The molecule has 0 spiro atoms. The monoisotopic (exact) mass is 354 g/mol. The van der Waals surface area contributed by atoms with Crippen LogP contribution < -0.4 is 4.90 Å². The lowest BCUT2D eigenvalue weighted by atomic mass is 10.1. The standard InChI is InChI=1S/C18H14N2O4S/c21-15-9-5-4-6-12(15)10-14-17(24)20(13-7-2-1-3-8-13)18(19-14)25-11-16(22)23/h1-10,21H,11H2,(H,22,23)/b14-10-. The predicted molar refractivity (Wildman–Crippen MR) is 97.5 cm³/mol. The van der Waals surface area contributed by atoms with Gasteiger partial charge in [0, 0.05) is 5.56 Å². The number of carboxylic acid groups (broad SMARTS) is 1. The summed E-state index contributed by atoms with van der Waals surface area (Å²) in [7, 11) is 0. The quantitative estimate of drug-likeness (QED) is 0.824. The number of amidine groups is 1. The summed E-state index contributed by atoms with van der Waals surface area (Å²) in [4.78, 5) is 29.3. The number of aromatic hydroxyl groups is 1. The summed E-state index contributed by atoms with van der Waals surface area (Å²) in [6, 6.07) is 15.5. The summed E-state index contributed by atoms with van der Waals surface area (Å²) in [5, 5.41) is 19.1. The third kappa shape index (κ3) is 3.72. The van der Waals surface area contributed by atoms with Crippen molar-refractivity contribution < 1.29 is 19.8 Å². The maximum atomic E-state index is 12.8. The molecule has 1 aliphatic heterocycles. The van der Waals surface area contributed by atoms with Gasteiger partial charge in [-0.2, -0.15) is 0 Å². The second-order valence-electron chi connectivity index (χ2n) is 5.14. The number of aliphatic imine (C=N–C) groups is 1. The number of carboxylic acids is 1. The zero-order valence-corrected chi connectivity index (χ0v) is 13.8. The molecule has 0 aliphatic carbocycles. The highest BCUT2D eigenvalue weighted by atomic mass is 32.2. The molecule has 2 N–H and O–H groups in total. The van der Waals surface area contributed by atoms with Crippen molar-refractivity contribution >= 4 is 40.6 Å². The van der Waals surface area contributed by atoms with Gasteiger partial charge in [0.15, 0.2) is 5.17 Å².